The number of rotatable bonds is 2. The molecule has 5 aromatic carbocycles. The Labute approximate surface area is 240 Å². The maximum absolute atomic E-state index is 6.65. The van der Waals surface area contributed by atoms with Crippen LogP contribution < -0.4 is 5.73 Å². The molecule has 0 saturated heterocycles. The summed E-state index contributed by atoms with van der Waals surface area (Å²) in [6.45, 7) is 6.33. The van der Waals surface area contributed by atoms with Crippen molar-refractivity contribution >= 4 is 71.6 Å². The molecule has 9 aromatic rings. The number of nitrogens with two attached hydrogens (primary N) is 1. The van der Waals surface area contributed by atoms with E-state index in [1.54, 1.807) is 0 Å². The highest BCUT2D eigenvalue weighted by atomic mass is 16.3. The Morgan fingerprint density at radius 3 is 1.45 bits per heavy atom. The van der Waals surface area contributed by atoms with Gasteiger partial charge >= 0.3 is 0 Å². The van der Waals surface area contributed by atoms with Gasteiger partial charge < -0.3 is 23.7 Å². The van der Waals surface area contributed by atoms with Crippen molar-refractivity contribution in [1.29, 1.82) is 0 Å². The molecule has 0 radical (unpaired) electrons. The van der Waals surface area contributed by atoms with Crippen molar-refractivity contribution in [2.24, 2.45) is 0 Å². The number of nitrogens with zero attached hydrogens (tertiary/aromatic N) is 2. The van der Waals surface area contributed by atoms with Gasteiger partial charge in [-0.15, -0.1) is 0 Å². The maximum Gasteiger partial charge on any atom is 0.161 e. The molecule has 4 aromatic heterocycles. The average Bonchev–Trinajstić information content (AvgIpc) is 3.69. The van der Waals surface area contributed by atoms with E-state index in [4.69, 9.17) is 14.6 Å². The summed E-state index contributed by atoms with van der Waals surface area (Å²) >= 11 is 0. The van der Waals surface area contributed by atoms with Gasteiger partial charge in [0.2, 0.25) is 0 Å². The highest BCUT2D eigenvalue weighted by Crippen LogP contribution is 2.45. The lowest BCUT2D eigenvalue weighted by atomic mass is 10.1. The largest absolute Gasteiger partial charge is 0.454 e. The zero-order valence-corrected chi connectivity index (χ0v) is 23.5. The molecule has 0 atom stereocenters. The van der Waals surface area contributed by atoms with Crippen LogP contribution in [0.5, 0.6) is 0 Å². The Bertz CT molecular complexity index is 2360. The SMILES string of the molecule is Cc1ccc(-n2c3cc4c5oc6cc(N)ccc6c5n(-c5ccc(C)cc5)c4cc3c3oc4cc(C)ccc4c32)cc1. The van der Waals surface area contributed by atoms with Gasteiger partial charge in [0, 0.05) is 44.7 Å². The van der Waals surface area contributed by atoms with E-state index >= 15 is 0 Å². The number of aromatic nitrogens is 2. The van der Waals surface area contributed by atoms with Crippen LogP contribution in [0.25, 0.3) is 77.3 Å². The van der Waals surface area contributed by atoms with Crippen molar-refractivity contribution in [2.45, 2.75) is 20.8 Å². The van der Waals surface area contributed by atoms with Crippen molar-refractivity contribution in [3.63, 3.8) is 0 Å². The van der Waals surface area contributed by atoms with Gasteiger partial charge in [-0.2, -0.15) is 0 Å². The first-order valence-corrected chi connectivity index (χ1v) is 14.2. The van der Waals surface area contributed by atoms with Gasteiger partial charge in [-0.25, -0.2) is 0 Å². The molecule has 0 bridgehead atoms. The standard InChI is InChI=1S/C37H27N3O2/c1-20-4-10-24(11-5-20)39-30-19-29-31(18-28(30)36-34(39)26-14-8-22(3)16-32(26)41-36)40(25-12-6-21(2)7-13-25)35-27-15-9-23(38)17-33(27)42-37(29)35/h4-19H,38H2,1-3H3. The highest BCUT2D eigenvalue weighted by molar-refractivity contribution is 6.23. The van der Waals surface area contributed by atoms with Crippen molar-refractivity contribution in [3.05, 3.63) is 114 Å². The van der Waals surface area contributed by atoms with Gasteiger partial charge in [0.25, 0.3) is 0 Å². The molecule has 9 rings (SSSR count). The number of nitrogen functional groups attached to an aromatic ring is 1. The fourth-order valence-electron chi connectivity index (χ4n) is 6.57. The van der Waals surface area contributed by atoms with Crippen LogP contribution in [0, 0.1) is 20.8 Å². The van der Waals surface area contributed by atoms with Crippen LogP contribution in [0.15, 0.2) is 106 Å². The van der Waals surface area contributed by atoms with Gasteiger partial charge in [0.1, 0.15) is 22.2 Å². The van der Waals surface area contributed by atoms with E-state index in [-0.39, 0.29) is 0 Å². The minimum atomic E-state index is 0.684. The third-order valence-corrected chi connectivity index (χ3v) is 8.62. The number of fused-ring (bicyclic) bond motifs is 10. The topological polar surface area (TPSA) is 62.2 Å². The first-order valence-electron chi connectivity index (χ1n) is 14.2. The summed E-state index contributed by atoms with van der Waals surface area (Å²) in [5, 5.41) is 4.24. The van der Waals surface area contributed by atoms with Crippen molar-refractivity contribution < 1.29 is 8.83 Å². The summed E-state index contributed by atoms with van der Waals surface area (Å²) in [7, 11) is 0. The number of furan rings is 2. The molecule has 0 amide bonds. The average molecular weight is 546 g/mol. The van der Waals surface area contributed by atoms with Crippen LogP contribution in [-0.4, -0.2) is 9.13 Å². The molecule has 42 heavy (non-hydrogen) atoms. The van der Waals surface area contributed by atoms with Gasteiger partial charge in [0.05, 0.1) is 11.0 Å². The molecule has 0 aliphatic carbocycles. The van der Waals surface area contributed by atoms with Gasteiger partial charge in [-0.3, -0.25) is 0 Å². The smallest absolute Gasteiger partial charge is 0.161 e. The molecule has 5 heteroatoms. The molecule has 2 N–H and O–H groups in total. The summed E-state index contributed by atoms with van der Waals surface area (Å²) in [6, 6.07) is 34.2. The Balaban J connectivity index is 1.50. The van der Waals surface area contributed by atoms with Gasteiger partial charge in [0.15, 0.2) is 11.2 Å². The predicted molar refractivity (Wildman–Crippen MR) is 173 cm³/mol. The normalized spacial score (nSPS) is 12.3. The van der Waals surface area contributed by atoms with E-state index < -0.39 is 0 Å². The van der Waals surface area contributed by atoms with Crippen LogP contribution in [0.2, 0.25) is 0 Å². The van der Waals surface area contributed by atoms with Crippen LogP contribution in [-0.2, 0) is 0 Å². The summed E-state index contributed by atoms with van der Waals surface area (Å²) < 4.78 is 17.9. The molecule has 0 spiro atoms. The fourth-order valence-corrected chi connectivity index (χ4v) is 6.57. The molecule has 0 fully saturated rings. The van der Waals surface area contributed by atoms with Crippen LogP contribution >= 0.6 is 0 Å². The zero-order valence-electron chi connectivity index (χ0n) is 23.5. The number of hydrogen-bond acceptors (Lipinski definition) is 3. The molecule has 0 aliphatic heterocycles. The van der Waals surface area contributed by atoms with Crippen molar-refractivity contribution in [1.82, 2.24) is 9.13 Å². The van der Waals surface area contributed by atoms with E-state index in [9.17, 15) is 0 Å². The van der Waals surface area contributed by atoms with Gasteiger partial charge in [-0.05, 0) is 87.0 Å². The van der Waals surface area contributed by atoms with Crippen LogP contribution in [0.4, 0.5) is 5.69 Å². The number of anilines is 1. The molecular weight excluding hydrogens is 518 g/mol. The third kappa shape index (κ3) is 3.08. The maximum atomic E-state index is 6.65. The van der Waals surface area contributed by atoms with Crippen LogP contribution in [0.3, 0.4) is 0 Å². The van der Waals surface area contributed by atoms with Gasteiger partial charge in [-0.1, -0.05) is 41.5 Å². The van der Waals surface area contributed by atoms with Crippen molar-refractivity contribution in [2.75, 3.05) is 5.73 Å². The molecule has 0 unspecified atom stereocenters. The Hall–Kier alpha value is -5.42. The second-order valence-corrected chi connectivity index (χ2v) is 11.5. The van der Waals surface area contributed by atoms with Crippen LogP contribution in [0.1, 0.15) is 16.7 Å². The summed E-state index contributed by atoms with van der Waals surface area (Å²) in [6.07, 6.45) is 0. The minimum absolute atomic E-state index is 0.684. The van der Waals surface area contributed by atoms with E-state index in [1.165, 1.54) is 16.7 Å². The first-order chi connectivity index (χ1) is 20.4. The molecule has 4 heterocycles. The quantitative estimate of drug-likeness (QED) is 0.220. The molecule has 5 nitrogen and oxygen atoms in total. The number of aryl methyl sites for hydroxylation is 3. The Kier molecular flexibility index (Phi) is 4.48. The Morgan fingerprint density at radius 1 is 0.476 bits per heavy atom. The number of benzene rings is 5. The van der Waals surface area contributed by atoms with E-state index in [1.807, 2.05) is 12.1 Å². The lowest BCUT2D eigenvalue weighted by Gasteiger charge is -2.10. The molecular formula is C37H27N3O2. The zero-order chi connectivity index (χ0) is 28.3. The highest BCUT2D eigenvalue weighted by Gasteiger charge is 2.25. The molecule has 0 saturated carbocycles. The van der Waals surface area contributed by atoms with Crippen molar-refractivity contribution in [3.8, 4) is 11.4 Å². The van der Waals surface area contributed by atoms with E-state index in [2.05, 4.69) is 115 Å². The second kappa shape index (κ2) is 8.08. The third-order valence-electron chi connectivity index (χ3n) is 8.62. The lowest BCUT2D eigenvalue weighted by Crippen LogP contribution is -1.95. The summed E-state index contributed by atoms with van der Waals surface area (Å²) in [5.41, 5.74) is 20.3. The minimum Gasteiger partial charge on any atom is -0.454 e. The summed E-state index contributed by atoms with van der Waals surface area (Å²) in [5.74, 6) is 0. The van der Waals surface area contributed by atoms with E-state index in [0.717, 1.165) is 77.3 Å². The molecule has 0 aliphatic rings. The summed E-state index contributed by atoms with van der Waals surface area (Å²) in [4.78, 5) is 0. The second-order valence-electron chi connectivity index (χ2n) is 11.5. The lowest BCUT2D eigenvalue weighted by molar-refractivity contribution is 0.672. The monoisotopic (exact) mass is 545 g/mol. The predicted octanol–water partition coefficient (Wildman–Crippen LogP) is 9.88. The van der Waals surface area contributed by atoms with E-state index in [0.29, 0.717) is 5.69 Å². The fraction of sp³-hybridized carbons (Fsp3) is 0.0811. The number of hydrogen-bond donors (Lipinski definition) is 1. The molecule has 202 valence electrons. The first kappa shape index (κ1) is 23.3. The Morgan fingerprint density at radius 2 is 0.929 bits per heavy atom.